The van der Waals surface area contributed by atoms with E-state index >= 15 is 0 Å². The maximum Gasteiger partial charge on any atom is 0.251 e. The van der Waals surface area contributed by atoms with Crippen LogP contribution in [-0.4, -0.2) is 5.91 Å². The Morgan fingerprint density at radius 3 is 2.82 bits per heavy atom. The Kier molecular flexibility index (Phi) is 3.54. The molecule has 17 heavy (non-hydrogen) atoms. The van der Waals surface area contributed by atoms with Crippen LogP contribution in [0.25, 0.3) is 0 Å². The Hall–Kier alpha value is -1.68. The number of rotatable bonds is 3. The van der Waals surface area contributed by atoms with Gasteiger partial charge in [0, 0.05) is 10.5 Å². The third-order valence-corrected chi connectivity index (χ3v) is 2.61. The van der Waals surface area contributed by atoms with Gasteiger partial charge in [0.15, 0.2) is 0 Å². The maximum atomic E-state index is 11.8. The molecule has 2 rings (SSSR count). The van der Waals surface area contributed by atoms with Gasteiger partial charge in [-0.1, -0.05) is 6.07 Å². The van der Waals surface area contributed by atoms with Crippen molar-refractivity contribution >= 4 is 18.5 Å². The number of hydrogen-bond donors (Lipinski definition) is 2. The van der Waals surface area contributed by atoms with Gasteiger partial charge in [-0.25, -0.2) is 0 Å². The van der Waals surface area contributed by atoms with E-state index < -0.39 is 0 Å². The molecule has 0 aliphatic heterocycles. The summed E-state index contributed by atoms with van der Waals surface area (Å²) in [4.78, 5) is 12.6. The van der Waals surface area contributed by atoms with Gasteiger partial charge < -0.3 is 9.73 Å². The molecule has 1 amide bonds. The number of thiol groups is 1. The van der Waals surface area contributed by atoms with E-state index in [-0.39, 0.29) is 5.91 Å². The van der Waals surface area contributed by atoms with E-state index in [9.17, 15) is 4.79 Å². The molecular formula is C13H13NO2S. The van der Waals surface area contributed by atoms with Crippen molar-refractivity contribution in [3.8, 4) is 0 Å². The van der Waals surface area contributed by atoms with Gasteiger partial charge >= 0.3 is 0 Å². The molecule has 1 aromatic heterocycles. The SMILES string of the molecule is Cc1ccc(CNC(=O)c2cccc(S)c2)o1. The molecule has 0 fully saturated rings. The second-order valence-electron chi connectivity index (χ2n) is 3.75. The molecule has 88 valence electrons. The van der Waals surface area contributed by atoms with E-state index in [2.05, 4.69) is 17.9 Å². The van der Waals surface area contributed by atoms with Crippen LogP contribution in [0.3, 0.4) is 0 Å². The first-order chi connectivity index (χ1) is 8.15. The Morgan fingerprint density at radius 2 is 2.18 bits per heavy atom. The zero-order chi connectivity index (χ0) is 12.3. The number of aryl methyl sites for hydroxylation is 1. The highest BCUT2D eigenvalue weighted by atomic mass is 32.1. The van der Waals surface area contributed by atoms with Crippen molar-refractivity contribution in [1.82, 2.24) is 5.32 Å². The van der Waals surface area contributed by atoms with E-state index in [4.69, 9.17) is 4.42 Å². The van der Waals surface area contributed by atoms with Crippen molar-refractivity contribution < 1.29 is 9.21 Å². The number of hydrogen-bond acceptors (Lipinski definition) is 3. The quantitative estimate of drug-likeness (QED) is 0.819. The minimum Gasteiger partial charge on any atom is -0.465 e. The number of amides is 1. The summed E-state index contributed by atoms with van der Waals surface area (Å²) in [5, 5.41) is 2.79. The molecule has 0 radical (unpaired) electrons. The molecule has 0 aliphatic carbocycles. The molecule has 0 saturated heterocycles. The lowest BCUT2D eigenvalue weighted by Crippen LogP contribution is -2.22. The van der Waals surface area contributed by atoms with Crippen LogP contribution in [0.4, 0.5) is 0 Å². The molecule has 3 nitrogen and oxygen atoms in total. The number of benzene rings is 1. The molecular weight excluding hydrogens is 234 g/mol. The highest BCUT2D eigenvalue weighted by Gasteiger charge is 2.06. The normalized spacial score (nSPS) is 10.2. The first-order valence-electron chi connectivity index (χ1n) is 5.28. The van der Waals surface area contributed by atoms with E-state index in [0.717, 1.165) is 16.4 Å². The van der Waals surface area contributed by atoms with Gasteiger partial charge in [-0.05, 0) is 37.3 Å². The average Bonchev–Trinajstić information content (AvgIpc) is 2.72. The standard InChI is InChI=1S/C13H13NO2S/c1-9-5-6-11(16-9)8-14-13(15)10-3-2-4-12(17)7-10/h2-7,17H,8H2,1H3,(H,14,15). The van der Waals surface area contributed by atoms with Gasteiger partial charge in [0.25, 0.3) is 5.91 Å². The first-order valence-corrected chi connectivity index (χ1v) is 5.72. The van der Waals surface area contributed by atoms with Gasteiger partial charge in [-0.2, -0.15) is 0 Å². The molecule has 4 heteroatoms. The number of furan rings is 1. The summed E-state index contributed by atoms with van der Waals surface area (Å²) in [7, 11) is 0. The van der Waals surface area contributed by atoms with Crippen LogP contribution < -0.4 is 5.32 Å². The van der Waals surface area contributed by atoms with E-state index in [1.165, 1.54) is 0 Å². The van der Waals surface area contributed by atoms with Gasteiger partial charge in [0.1, 0.15) is 11.5 Å². The minimum absolute atomic E-state index is 0.130. The molecule has 0 saturated carbocycles. The fraction of sp³-hybridized carbons (Fsp3) is 0.154. The third-order valence-electron chi connectivity index (χ3n) is 2.33. The largest absolute Gasteiger partial charge is 0.465 e. The second kappa shape index (κ2) is 5.10. The average molecular weight is 247 g/mol. The summed E-state index contributed by atoms with van der Waals surface area (Å²) in [6.45, 7) is 2.26. The fourth-order valence-electron chi connectivity index (χ4n) is 1.50. The molecule has 0 atom stereocenters. The monoisotopic (exact) mass is 247 g/mol. The zero-order valence-corrected chi connectivity index (χ0v) is 10.3. The molecule has 0 aliphatic rings. The molecule has 0 spiro atoms. The Bertz CT molecular complexity index is 534. The van der Waals surface area contributed by atoms with Crippen molar-refractivity contribution in [1.29, 1.82) is 0 Å². The van der Waals surface area contributed by atoms with E-state index in [0.29, 0.717) is 12.1 Å². The topological polar surface area (TPSA) is 42.2 Å². The summed E-state index contributed by atoms with van der Waals surface area (Å²) in [6, 6.07) is 10.8. The summed E-state index contributed by atoms with van der Waals surface area (Å²) in [5.74, 6) is 1.46. The Morgan fingerprint density at radius 1 is 1.35 bits per heavy atom. The highest BCUT2D eigenvalue weighted by molar-refractivity contribution is 7.80. The lowest BCUT2D eigenvalue weighted by Gasteiger charge is -2.03. The van der Waals surface area contributed by atoms with Crippen LogP contribution in [0.15, 0.2) is 45.7 Å². The predicted octanol–water partition coefficient (Wildman–Crippen LogP) is 2.81. The number of carbonyl (C=O) groups is 1. The van der Waals surface area contributed by atoms with Crippen LogP contribution in [-0.2, 0) is 6.54 Å². The van der Waals surface area contributed by atoms with Crippen molar-refractivity contribution in [2.24, 2.45) is 0 Å². The van der Waals surface area contributed by atoms with Crippen molar-refractivity contribution in [2.45, 2.75) is 18.4 Å². The van der Waals surface area contributed by atoms with Crippen LogP contribution in [0.1, 0.15) is 21.9 Å². The second-order valence-corrected chi connectivity index (χ2v) is 4.26. The summed E-state index contributed by atoms with van der Waals surface area (Å²) < 4.78 is 5.36. The zero-order valence-electron chi connectivity index (χ0n) is 9.43. The van der Waals surface area contributed by atoms with Crippen LogP contribution >= 0.6 is 12.6 Å². The van der Waals surface area contributed by atoms with Gasteiger partial charge in [-0.15, -0.1) is 12.6 Å². The summed E-state index contributed by atoms with van der Waals surface area (Å²) in [6.07, 6.45) is 0. The van der Waals surface area contributed by atoms with Gasteiger partial charge in [0.2, 0.25) is 0 Å². The number of carbonyl (C=O) groups excluding carboxylic acids is 1. The number of nitrogens with one attached hydrogen (secondary N) is 1. The van der Waals surface area contributed by atoms with Gasteiger partial charge in [0.05, 0.1) is 6.54 Å². The lowest BCUT2D eigenvalue weighted by atomic mass is 10.2. The van der Waals surface area contributed by atoms with Crippen LogP contribution in [0.2, 0.25) is 0 Å². The Labute approximate surface area is 105 Å². The Balaban J connectivity index is 1.98. The molecule has 0 unspecified atom stereocenters. The van der Waals surface area contributed by atoms with Crippen molar-refractivity contribution in [2.75, 3.05) is 0 Å². The van der Waals surface area contributed by atoms with E-state index in [1.54, 1.807) is 18.2 Å². The van der Waals surface area contributed by atoms with Gasteiger partial charge in [-0.3, -0.25) is 4.79 Å². The van der Waals surface area contributed by atoms with Crippen LogP contribution in [0.5, 0.6) is 0 Å². The fourth-order valence-corrected chi connectivity index (χ4v) is 1.72. The van der Waals surface area contributed by atoms with Crippen molar-refractivity contribution in [3.63, 3.8) is 0 Å². The van der Waals surface area contributed by atoms with Crippen molar-refractivity contribution in [3.05, 3.63) is 53.5 Å². The molecule has 1 N–H and O–H groups in total. The molecule has 1 aromatic carbocycles. The minimum atomic E-state index is -0.130. The smallest absolute Gasteiger partial charge is 0.251 e. The lowest BCUT2D eigenvalue weighted by molar-refractivity contribution is 0.0947. The van der Waals surface area contributed by atoms with Crippen LogP contribution in [0, 0.1) is 6.92 Å². The molecule has 2 aromatic rings. The molecule has 0 bridgehead atoms. The predicted molar refractivity (Wildman–Crippen MR) is 68.3 cm³/mol. The summed E-state index contributed by atoms with van der Waals surface area (Å²) >= 11 is 4.19. The molecule has 1 heterocycles. The summed E-state index contributed by atoms with van der Waals surface area (Å²) in [5.41, 5.74) is 0.598. The maximum absolute atomic E-state index is 11.8. The van der Waals surface area contributed by atoms with E-state index in [1.807, 2.05) is 25.1 Å². The highest BCUT2D eigenvalue weighted by Crippen LogP contribution is 2.09. The first kappa shape index (κ1) is 11.8. The third kappa shape index (κ3) is 3.14.